The van der Waals surface area contributed by atoms with Gasteiger partial charge < -0.3 is 5.32 Å². The van der Waals surface area contributed by atoms with Crippen molar-refractivity contribution in [3.05, 3.63) is 95.1 Å². The Kier molecular flexibility index (Phi) is 5.02. The van der Waals surface area contributed by atoms with Gasteiger partial charge in [0.2, 0.25) is 0 Å². The minimum Gasteiger partial charge on any atom is -0.345 e. The van der Waals surface area contributed by atoms with E-state index in [2.05, 4.69) is 17.4 Å². The number of nitrogens with one attached hydrogen (secondary N) is 1. The first kappa shape index (κ1) is 19.8. The zero-order chi connectivity index (χ0) is 21.4. The molecule has 1 N–H and O–H groups in total. The number of para-hydroxylation sites is 1. The molecule has 5 nitrogen and oxygen atoms in total. The van der Waals surface area contributed by atoms with Crippen LogP contribution in [-0.4, -0.2) is 20.9 Å². The number of aryl methyl sites for hydroxylation is 1. The van der Waals surface area contributed by atoms with Crippen LogP contribution in [0.25, 0.3) is 0 Å². The minimum atomic E-state index is -3.74. The van der Waals surface area contributed by atoms with Gasteiger partial charge in [0.15, 0.2) is 0 Å². The van der Waals surface area contributed by atoms with Crippen molar-refractivity contribution in [1.29, 1.82) is 0 Å². The average molecular weight is 433 g/mol. The van der Waals surface area contributed by atoms with Crippen molar-refractivity contribution in [2.24, 2.45) is 0 Å². The van der Waals surface area contributed by atoms with Gasteiger partial charge >= 0.3 is 0 Å². The SMILES string of the molecule is O=C(N[C@H]1CCCc2ccccc21)c1cccc(S(=O)(=O)N2CCc3ccccc32)c1. The number of hydrogen-bond donors (Lipinski definition) is 1. The molecule has 1 amide bonds. The predicted octanol–water partition coefficient (Wildman–Crippen LogP) is 4.25. The first-order valence-corrected chi connectivity index (χ1v) is 12.1. The first-order chi connectivity index (χ1) is 15.0. The van der Waals surface area contributed by atoms with Gasteiger partial charge in [-0.15, -0.1) is 0 Å². The number of benzene rings is 3. The minimum absolute atomic E-state index is 0.0526. The molecule has 0 aromatic heterocycles. The number of sulfonamides is 1. The van der Waals surface area contributed by atoms with Gasteiger partial charge in [0, 0.05) is 12.1 Å². The Hall–Kier alpha value is -3.12. The number of fused-ring (bicyclic) bond motifs is 2. The molecule has 1 heterocycles. The third-order valence-electron chi connectivity index (χ3n) is 6.20. The number of rotatable bonds is 4. The molecule has 2 aliphatic rings. The molecule has 0 saturated carbocycles. The van der Waals surface area contributed by atoms with Gasteiger partial charge in [-0.3, -0.25) is 9.10 Å². The summed E-state index contributed by atoms with van der Waals surface area (Å²) in [6, 6.07) is 22.0. The molecule has 158 valence electrons. The fourth-order valence-electron chi connectivity index (χ4n) is 4.63. The fourth-order valence-corrected chi connectivity index (χ4v) is 6.18. The number of hydrogen-bond acceptors (Lipinski definition) is 3. The maximum atomic E-state index is 13.3. The third kappa shape index (κ3) is 3.61. The van der Waals surface area contributed by atoms with Gasteiger partial charge in [-0.05, 0) is 66.6 Å². The van der Waals surface area contributed by atoms with Gasteiger partial charge in [-0.25, -0.2) is 8.42 Å². The topological polar surface area (TPSA) is 66.5 Å². The smallest absolute Gasteiger partial charge is 0.264 e. The number of anilines is 1. The van der Waals surface area contributed by atoms with Gasteiger partial charge in [0.1, 0.15) is 0 Å². The zero-order valence-corrected chi connectivity index (χ0v) is 17.9. The molecule has 0 fully saturated rings. The second-order valence-electron chi connectivity index (χ2n) is 8.10. The quantitative estimate of drug-likeness (QED) is 0.670. The van der Waals surface area contributed by atoms with Crippen LogP contribution in [0.5, 0.6) is 0 Å². The predicted molar refractivity (Wildman–Crippen MR) is 121 cm³/mol. The highest BCUT2D eigenvalue weighted by Crippen LogP contribution is 2.33. The number of nitrogens with zero attached hydrogens (tertiary/aromatic N) is 1. The van der Waals surface area contributed by atoms with E-state index < -0.39 is 10.0 Å². The Morgan fingerprint density at radius 1 is 0.903 bits per heavy atom. The molecule has 3 aromatic rings. The summed E-state index contributed by atoms with van der Waals surface area (Å²) in [7, 11) is -3.74. The second-order valence-corrected chi connectivity index (χ2v) is 9.96. The molecule has 0 spiro atoms. The van der Waals surface area contributed by atoms with Crippen LogP contribution in [0.3, 0.4) is 0 Å². The first-order valence-electron chi connectivity index (χ1n) is 10.6. The zero-order valence-electron chi connectivity index (χ0n) is 17.1. The standard InChI is InChI=1S/C25H24N2O3S/c28-25(26-23-13-6-9-18-7-1-3-12-22(18)23)20-10-5-11-21(17-20)31(29,30)27-16-15-19-8-2-4-14-24(19)27/h1-5,7-8,10-12,14,17,23H,6,9,13,15-16H2,(H,26,28)/t23-/m0/s1. The van der Waals surface area contributed by atoms with Gasteiger partial charge in [0.05, 0.1) is 16.6 Å². The largest absolute Gasteiger partial charge is 0.345 e. The van der Waals surface area contributed by atoms with E-state index in [1.54, 1.807) is 18.2 Å². The van der Waals surface area contributed by atoms with E-state index in [4.69, 9.17) is 0 Å². The van der Waals surface area contributed by atoms with E-state index in [-0.39, 0.29) is 16.8 Å². The van der Waals surface area contributed by atoms with Crippen molar-refractivity contribution < 1.29 is 13.2 Å². The highest BCUT2D eigenvalue weighted by atomic mass is 32.2. The van der Waals surface area contributed by atoms with E-state index in [1.165, 1.54) is 15.9 Å². The molecule has 31 heavy (non-hydrogen) atoms. The van der Waals surface area contributed by atoms with E-state index in [1.807, 2.05) is 36.4 Å². The van der Waals surface area contributed by atoms with Crippen LogP contribution >= 0.6 is 0 Å². The lowest BCUT2D eigenvalue weighted by Gasteiger charge is -2.26. The molecule has 0 saturated heterocycles. The lowest BCUT2D eigenvalue weighted by molar-refractivity contribution is 0.0932. The average Bonchev–Trinajstić information content (AvgIpc) is 3.24. The van der Waals surface area contributed by atoms with Crippen LogP contribution in [0.2, 0.25) is 0 Å². The Labute approximate surface area is 182 Å². The summed E-state index contributed by atoms with van der Waals surface area (Å²) >= 11 is 0. The van der Waals surface area contributed by atoms with Crippen LogP contribution in [0.15, 0.2) is 77.7 Å². The summed E-state index contributed by atoms with van der Waals surface area (Å²) in [6.07, 6.45) is 3.61. The lowest BCUT2D eigenvalue weighted by Crippen LogP contribution is -2.32. The normalized spacial score (nSPS) is 17.7. The summed E-state index contributed by atoms with van der Waals surface area (Å²) in [4.78, 5) is 13.1. The monoisotopic (exact) mass is 432 g/mol. The molecule has 6 heteroatoms. The summed E-state index contributed by atoms with van der Waals surface area (Å²) < 4.78 is 28.1. The molecule has 1 aliphatic carbocycles. The maximum Gasteiger partial charge on any atom is 0.264 e. The molecule has 0 radical (unpaired) electrons. The van der Waals surface area contributed by atoms with E-state index in [9.17, 15) is 13.2 Å². The number of carbonyl (C=O) groups is 1. The van der Waals surface area contributed by atoms with E-state index in [0.29, 0.717) is 18.5 Å². The van der Waals surface area contributed by atoms with Crippen LogP contribution in [-0.2, 0) is 22.9 Å². The van der Waals surface area contributed by atoms with Gasteiger partial charge in [-0.2, -0.15) is 0 Å². The molecular weight excluding hydrogens is 408 g/mol. The Bertz CT molecular complexity index is 1250. The lowest BCUT2D eigenvalue weighted by atomic mass is 9.87. The maximum absolute atomic E-state index is 13.3. The van der Waals surface area contributed by atoms with Crippen LogP contribution in [0, 0.1) is 0 Å². The highest BCUT2D eigenvalue weighted by molar-refractivity contribution is 7.92. The molecule has 0 unspecified atom stereocenters. The van der Waals surface area contributed by atoms with Crippen LogP contribution in [0.4, 0.5) is 5.69 Å². The van der Waals surface area contributed by atoms with Gasteiger partial charge in [0.25, 0.3) is 15.9 Å². The molecule has 1 atom stereocenters. The Morgan fingerprint density at radius 2 is 1.68 bits per heavy atom. The number of carbonyl (C=O) groups excluding carboxylic acids is 1. The summed E-state index contributed by atoms with van der Waals surface area (Å²) in [5.74, 6) is -0.249. The molecule has 5 rings (SSSR count). The van der Waals surface area contributed by atoms with E-state index in [0.717, 1.165) is 36.1 Å². The van der Waals surface area contributed by atoms with Gasteiger partial charge in [-0.1, -0.05) is 48.5 Å². The summed E-state index contributed by atoms with van der Waals surface area (Å²) in [5.41, 5.74) is 4.52. The summed E-state index contributed by atoms with van der Waals surface area (Å²) in [5, 5.41) is 3.11. The fraction of sp³-hybridized carbons (Fsp3) is 0.240. The third-order valence-corrected chi connectivity index (χ3v) is 8.01. The van der Waals surface area contributed by atoms with E-state index >= 15 is 0 Å². The second kappa shape index (κ2) is 7.85. The van der Waals surface area contributed by atoms with Crippen LogP contribution < -0.4 is 9.62 Å². The summed E-state index contributed by atoms with van der Waals surface area (Å²) in [6.45, 7) is 0.414. The molecule has 3 aromatic carbocycles. The highest BCUT2D eigenvalue weighted by Gasteiger charge is 2.31. The van der Waals surface area contributed by atoms with Crippen molar-refractivity contribution in [2.75, 3.05) is 10.8 Å². The van der Waals surface area contributed by atoms with Crippen molar-refractivity contribution >= 4 is 21.6 Å². The molecule has 0 bridgehead atoms. The Morgan fingerprint density at radius 3 is 2.55 bits per heavy atom. The van der Waals surface area contributed by atoms with Crippen molar-refractivity contribution in [3.63, 3.8) is 0 Å². The number of amides is 1. The van der Waals surface area contributed by atoms with Crippen molar-refractivity contribution in [2.45, 2.75) is 36.6 Å². The van der Waals surface area contributed by atoms with Crippen LogP contribution in [0.1, 0.15) is 45.9 Å². The molecular formula is C25H24N2O3S. The van der Waals surface area contributed by atoms with Crippen molar-refractivity contribution in [3.8, 4) is 0 Å². The molecule has 1 aliphatic heterocycles. The Balaban J connectivity index is 1.40. The van der Waals surface area contributed by atoms with Crippen molar-refractivity contribution in [1.82, 2.24) is 5.32 Å².